The van der Waals surface area contributed by atoms with Crippen LogP contribution in [-0.4, -0.2) is 21.9 Å². The maximum atomic E-state index is 12.0. The van der Waals surface area contributed by atoms with Crippen molar-refractivity contribution >= 4 is 27.9 Å². The zero-order chi connectivity index (χ0) is 17.9. The van der Waals surface area contributed by atoms with Gasteiger partial charge in [-0.25, -0.2) is 4.98 Å². The van der Waals surface area contributed by atoms with E-state index in [0.717, 1.165) is 27.5 Å². The van der Waals surface area contributed by atoms with Crippen molar-refractivity contribution in [1.29, 1.82) is 0 Å². The minimum atomic E-state index is -0.194. The highest BCUT2D eigenvalue weighted by molar-refractivity contribution is 7.15. The lowest BCUT2D eigenvalue weighted by atomic mass is 10.1. The van der Waals surface area contributed by atoms with E-state index in [9.17, 15) is 4.79 Å². The molecule has 6 heteroatoms. The van der Waals surface area contributed by atoms with Crippen LogP contribution in [-0.2, 0) is 4.79 Å². The van der Waals surface area contributed by atoms with E-state index in [1.165, 1.54) is 0 Å². The number of aryl methyl sites for hydroxylation is 1. The Morgan fingerprint density at radius 2 is 1.92 bits per heavy atom. The van der Waals surface area contributed by atoms with Gasteiger partial charge in [0.1, 0.15) is 5.75 Å². The van der Waals surface area contributed by atoms with Crippen molar-refractivity contribution in [2.24, 2.45) is 0 Å². The molecule has 0 spiro atoms. The minimum Gasteiger partial charge on any atom is -0.484 e. The van der Waals surface area contributed by atoms with E-state index in [0.29, 0.717) is 5.75 Å². The largest absolute Gasteiger partial charge is 0.484 e. The molecule has 0 atom stereocenters. The summed E-state index contributed by atoms with van der Waals surface area (Å²) in [7, 11) is 0. The van der Waals surface area contributed by atoms with Gasteiger partial charge in [-0.2, -0.15) is 0 Å². The summed E-state index contributed by atoms with van der Waals surface area (Å²) in [6.07, 6.45) is 3.98. The number of anilines is 1. The maximum absolute atomic E-state index is 12.0. The third-order valence-corrected chi connectivity index (χ3v) is 4.72. The summed E-state index contributed by atoms with van der Waals surface area (Å²) >= 11 is 1.60. The van der Waals surface area contributed by atoms with E-state index < -0.39 is 0 Å². The number of hydrogen-bond acceptors (Lipinski definition) is 4. The van der Waals surface area contributed by atoms with Gasteiger partial charge in [0.15, 0.2) is 11.6 Å². The number of rotatable bonds is 5. The highest BCUT2D eigenvalue weighted by Crippen LogP contribution is 2.23. The standard InChI is InChI=1S/C20H17N3O2S/c1-14-2-8-17(9-3-14)25-13-19(24)21-16-6-4-15(5-7-16)18-12-23-10-11-26-20(23)22-18/h2-12H,13H2,1H3,(H,21,24). The van der Waals surface area contributed by atoms with E-state index in [2.05, 4.69) is 10.3 Å². The number of amides is 1. The van der Waals surface area contributed by atoms with Crippen LogP contribution in [0.15, 0.2) is 66.3 Å². The van der Waals surface area contributed by atoms with E-state index >= 15 is 0 Å². The van der Waals surface area contributed by atoms with Crippen molar-refractivity contribution in [3.8, 4) is 17.0 Å². The Hall–Kier alpha value is -3.12. The second-order valence-electron chi connectivity index (χ2n) is 5.95. The Balaban J connectivity index is 1.36. The van der Waals surface area contributed by atoms with Gasteiger partial charge < -0.3 is 10.1 Å². The molecule has 2 aromatic carbocycles. The van der Waals surface area contributed by atoms with Crippen molar-refractivity contribution in [1.82, 2.24) is 9.38 Å². The van der Waals surface area contributed by atoms with E-state index in [4.69, 9.17) is 4.74 Å². The number of nitrogens with zero attached hydrogens (tertiary/aromatic N) is 2. The first-order valence-electron chi connectivity index (χ1n) is 8.19. The number of hydrogen-bond donors (Lipinski definition) is 1. The predicted octanol–water partition coefficient (Wildman–Crippen LogP) is 4.39. The van der Waals surface area contributed by atoms with Gasteiger partial charge in [0.05, 0.1) is 5.69 Å². The van der Waals surface area contributed by atoms with Crippen LogP contribution in [0.4, 0.5) is 5.69 Å². The molecule has 0 saturated heterocycles. The first kappa shape index (κ1) is 16.4. The van der Waals surface area contributed by atoms with Gasteiger partial charge in [0, 0.05) is 29.0 Å². The summed E-state index contributed by atoms with van der Waals surface area (Å²) in [5, 5.41) is 4.84. The molecule has 4 rings (SSSR count). The van der Waals surface area contributed by atoms with Gasteiger partial charge in [-0.1, -0.05) is 29.8 Å². The fourth-order valence-electron chi connectivity index (χ4n) is 2.57. The molecule has 2 heterocycles. The van der Waals surface area contributed by atoms with Gasteiger partial charge in [-0.3, -0.25) is 9.20 Å². The number of benzene rings is 2. The van der Waals surface area contributed by atoms with Crippen LogP contribution in [0, 0.1) is 6.92 Å². The number of fused-ring (bicyclic) bond motifs is 1. The molecule has 2 aromatic heterocycles. The van der Waals surface area contributed by atoms with Crippen molar-refractivity contribution in [2.45, 2.75) is 6.92 Å². The lowest BCUT2D eigenvalue weighted by Gasteiger charge is -2.08. The number of carbonyl (C=O) groups is 1. The van der Waals surface area contributed by atoms with Crippen molar-refractivity contribution in [3.05, 3.63) is 71.9 Å². The quantitative estimate of drug-likeness (QED) is 0.572. The summed E-state index contributed by atoms with van der Waals surface area (Å²) in [4.78, 5) is 17.6. The molecule has 0 saturated carbocycles. The normalized spacial score (nSPS) is 10.8. The maximum Gasteiger partial charge on any atom is 0.262 e. The molecule has 0 aliphatic rings. The fraction of sp³-hybridized carbons (Fsp3) is 0.100. The van der Waals surface area contributed by atoms with Crippen LogP contribution in [0.2, 0.25) is 0 Å². The summed E-state index contributed by atoms with van der Waals surface area (Å²) in [5.41, 5.74) is 3.80. The Bertz CT molecular complexity index is 1000. The Kier molecular flexibility index (Phi) is 4.41. The molecule has 0 bridgehead atoms. The van der Waals surface area contributed by atoms with Gasteiger partial charge in [0.25, 0.3) is 5.91 Å². The van der Waals surface area contributed by atoms with Crippen LogP contribution in [0.5, 0.6) is 5.75 Å². The van der Waals surface area contributed by atoms with Gasteiger partial charge in [-0.15, -0.1) is 11.3 Å². The summed E-state index contributed by atoms with van der Waals surface area (Å²) in [6, 6.07) is 15.2. The summed E-state index contributed by atoms with van der Waals surface area (Å²) in [5.74, 6) is 0.488. The number of imidazole rings is 1. The molecule has 130 valence electrons. The van der Waals surface area contributed by atoms with Crippen molar-refractivity contribution in [3.63, 3.8) is 0 Å². The molecule has 5 nitrogen and oxygen atoms in total. The third kappa shape index (κ3) is 3.60. The third-order valence-electron chi connectivity index (χ3n) is 3.95. The van der Waals surface area contributed by atoms with E-state index in [1.807, 2.05) is 77.6 Å². The van der Waals surface area contributed by atoms with Crippen LogP contribution in [0.3, 0.4) is 0 Å². The molecule has 0 fully saturated rings. The Morgan fingerprint density at radius 1 is 1.15 bits per heavy atom. The van der Waals surface area contributed by atoms with Crippen LogP contribution in [0.1, 0.15) is 5.56 Å². The average molecular weight is 363 g/mol. The monoisotopic (exact) mass is 363 g/mol. The van der Waals surface area contributed by atoms with Crippen LogP contribution >= 0.6 is 11.3 Å². The molecule has 0 aliphatic carbocycles. The van der Waals surface area contributed by atoms with E-state index in [1.54, 1.807) is 11.3 Å². The predicted molar refractivity (Wildman–Crippen MR) is 104 cm³/mol. The van der Waals surface area contributed by atoms with Gasteiger partial charge >= 0.3 is 0 Å². The number of thiazole rings is 1. The van der Waals surface area contributed by atoms with Crippen LogP contribution < -0.4 is 10.1 Å². The minimum absolute atomic E-state index is 0.0257. The van der Waals surface area contributed by atoms with E-state index in [-0.39, 0.29) is 12.5 Å². The number of nitrogens with one attached hydrogen (secondary N) is 1. The first-order chi connectivity index (χ1) is 12.7. The van der Waals surface area contributed by atoms with Crippen molar-refractivity contribution in [2.75, 3.05) is 11.9 Å². The van der Waals surface area contributed by atoms with Crippen molar-refractivity contribution < 1.29 is 9.53 Å². The highest BCUT2D eigenvalue weighted by atomic mass is 32.1. The second kappa shape index (κ2) is 7.01. The van der Waals surface area contributed by atoms with Gasteiger partial charge in [0.2, 0.25) is 0 Å². The molecule has 0 unspecified atom stereocenters. The number of carbonyl (C=O) groups excluding carboxylic acids is 1. The highest BCUT2D eigenvalue weighted by Gasteiger charge is 2.07. The lowest BCUT2D eigenvalue weighted by Crippen LogP contribution is -2.20. The Morgan fingerprint density at radius 3 is 2.65 bits per heavy atom. The first-order valence-corrected chi connectivity index (χ1v) is 9.07. The second-order valence-corrected chi connectivity index (χ2v) is 6.82. The summed E-state index contributed by atoms with van der Waals surface area (Å²) in [6.45, 7) is 1.98. The summed E-state index contributed by atoms with van der Waals surface area (Å²) < 4.78 is 7.49. The zero-order valence-electron chi connectivity index (χ0n) is 14.2. The molecule has 0 radical (unpaired) electrons. The fourth-order valence-corrected chi connectivity index (χ4v) is 3.27. The number of aromatic nitrogens is 2. The smallest absolute Gasteiger partial charge is 0.262 e. The Labute approximate surface area is 154 Å². The average Bonchev–Trinajstić information content (AvgIpc) is 3.24. The molecular formula is C20H17N3O2S. The molecule has 1 N–H and O–H groups in total. The zero-order valence-corrected chi connectivity index (χ0v) is 15.0. The molecule has 26 heavy (non-hydrogen) atoms. The molecule has 4 aromatic rings. The molecular weight excluding hydrogens is 346 g/mol. The molecule has 0 aliphatic heterocycles. The van der Waals surface area contributed by atoms with Crippen LogP contribution in [0.25, 0.3) is 16.2 Å². The topological polar surface area (TPSA) is 55.6 Å². The molecule has 1 amide bonds. The number of ether oxygens (including phenoxy) is 1. The lowest BCUT2D eigenvalue weighted by molar-refractivity contribution is -0.118. The van der Waals surface area contributed by atoms with Gasteiger partial charge in [-0.05, 0) is 31.2 Å². The SMILES string of the molecule is Cc1ccc(OCC(=O)Nc2ccc(-c3cn4ccsc4n3)cc2)cc1.